The number of hydrogen-bond acceptors (Lipinski definition) is 4. The minimum atomic E-state index is -2.81. The van der Waals surface area contributed by atoms with E-state index in [1.807, 2.05) is 0 Å². The van der Waals surface area contributed by atoms with Crippen molar-refractivity contribution >= 4 is 9.84 Å². The standard InChI is InChI=1S/C14H28N2O2S/c1-16(11-13-5-3-2-4-6-13)14(12-15)7-9-19(17,18)10-8-14/h13H,2-12,15H2,1H3. The Labute approximate surface area is 117 Å². The van der Waals surface area contributed by atoms with Gasteiger partial charge in [0.15, 0.2) is 0 Å². The molecule has 1 saturated heterocycles. The summed E-state index contributed by atoms with van der Waals surface area (Å²) >= 11 is 0. The first-order valence-corrected chi connectivity index (χ1v) is 9.41. The lowest BCUT2D eigenvalue weighted by atomic mass is 9.85. The van der Waals surface area contributed by atoms with Gasteiger partial charge in [0.2, 0.25) is 0 Å². The molecule has 0 unspecified atom stereocenters. The third-order valence-electron chi connectivity index (χ3n) is 5.20. The van der Waals surface area contributed by atoms with E-state index in [1.165, 1.54) is 32.1 Å². The van der Waals surface area contributed by atoms with Crippen LogP contribution in [-0.4, -0.2) is 50.5 Å². The van der Waals surface area contributed by atoms with Gasteiger partial charge in [-0.15, -0.1) is 0 Å². The summed E-state index contributed by atoms with van der Waals surface area (Å²) in [6.07, 6.45) is 8.13. The summed E-state index contributed by atoms with van der Waals surface area (Å²) in [5, 5.41) is 0. The van der Waals surface area contributed by atoms with Gasteiger partial charge >= 0.3 is 0 Å². The van der Waals surface area contributed by atoms with Crippen LogP contribution in [0.4, 0.5) is 0 Å². The first-order valence-electron chi connectivity index (χ1n) is 7.59. The van der Waals surface area contributed by atoms with E-state index in [4.69, 9.17) is 5.73 Å². The molecule has 2 N–H and O–H groups in total. The minimum absolute atomic E-state index is 0.0806. The first kappa shape index (κ1) is 15.3. The van der Waals surface area contributed by atoms with Crippen molar-refractivity contribution in [2.75, 3.05) is 31.6 Å². The van der Waals surface area contributed by atoms with Crippen LogP contribution in [0, 0.1) is 5.92 Å². The van der Waals surface area contributed by atoms with Crippen LogP contribution in [0.3, 0.4) is 0 Å². The third kappa shape index (κ3) is 3.70. The maximum atomic E-state index is 11.6. The molecule has 0 aromatic carbocycles. The highest BCUT2D eigenvalue weighted by Crippen LogP contribution is 2.31. The van der Waals surface area contributed by atoms with Gasteiger partial charge in [0.1, 0.15) is 9.84 Å². The summed E-state index contributed by atoms with van der Waals surface area (Å²) < 4.78 is 23.2. The molecule has 2 rings (SSSR count). The predicted octanol–water partition coefficient (Wildman–Crippen LogP) is 1.40. The summed E-state index contributed by atoms with van der Waals surface area (Å²) in [4.78, 5) is 2.37. The summed E-state index contributed by atoms with van der Waals surface area (Å²) in [5.41, 5.74) is 5.92. The lowest BCUT2D eigenvalue weighted by Gasteiger charge is -2.45. The van der Waals surface area contributed by atoms with E-state index in [1.54, 1.807) is 0 Å². The highest BCUT2D eigenvalue weighted by atomic mass is 32.2. The predicted molar refractivity (Wildman–Crippen MR) is 78.9 cm³/mol. The Bertz CT molecular complexity index is 374. The molecule has 1 heterocycles. The molecule has 0 aromatic heterocycles. The van der Waals surface area contributed by atoms with E-state index >= 15 is 0 Å². The Kier molecular flexibility index (Phi) is 4.90. The molecule has 0 spiro atoms. The molecule has 2 fully saturated rings. The zero-order valence-electron chi connectivity index (χ0n) is 12.1. The van der Waals surface area contributed by atoms with Crippen LogP contribution in [0.5, 0.6) is 0 Å². The number of nitrogens with zero attached hydrogens (tertiary/aromatic N) is 1. The number of rotatable bonds is 4. The fourth-order valence-electron chi connectivity index (χ4n) is 3.61. The van der Waals surface area contributed by atoms with E-state index in [0.29, 0.717) is 30.9 Å². The molecule has 0 aromatic rings. The van der Waals surface area contributed by atoms with E-state index in [-0.39, 0.29) is 5.54 Å². The van der Waals surface area contributed by atoms with Crippen LogP contribution >= 0.6 is 0 Å². The normalized spacial score (nSPS) is 27.5. The Morgan fingerprint density at radius 2 is 1.74 bits per heavy atom. The second-order valence-corrected chi connectivity index (χ2v) is 8.77. The zero-order chi connectivity index (χ0) is 13.9. The van der Waals surface area contributed by atoms with Gasteiger partial charge in [-0.05, 0) is 38.6 Å². The van der Waals surface area contributed by atoms with Crippen molar-refractivity contribution in [2.24, 2.45) is 11.7 Å². The SMILES string of the molecule is CN(CC1CCCCC1)C1(CN)CCS(=O)(=O)CC1. The average Bonchev–Trinajstić information content (AvgIpc) is 2.40. The van der Waals surface area contributed by atoms with Gasteiger partial charge in [-0.25, -0.2) is 8.42 Å². The second kappa shape index (κ2) is 6.10. The van der Waals surface area contributed by atoms with Crippen molar-refractivity contribution in [3.8, 4) is 0 Å². The molecule has 2 aliphatic rings. The third-order valence-corrected chi connectivity index (χ3v) is 6.86. The van der Waals surface area contributed by atoms with Crippen molar-refractivity contribution in [3.63, 3.8) is 0 Å². The first-order chi connectivity index (χ1) is 8.97. The summed E-state index contributed by atoms with van der Waals surface area (Å²) in [6, 6.07) is 0. The average molecular weight is 288 g/mol. The fraction of sp³-hybridized carbons (Fsp3) is 1.00. The van der Waals surface area contributed by atoms with Crippen LogP contribution in [0.2, 0.25) is 0 Å². The molecule has 1 saturated carbocycles. The summed E-state index contributed by atoms with van der Waals surface area (Å²) in [6.45, 7) is 1.66. The van der Waals surface area contributed by atoms with Crippen LogP contribution < -0.4 is 5.73 Å². The lowest BCUT2D eigenvalue weighted by molar-refractivity contribution is 0.0856. The van der Waals surface area contributed by atoms with Gasteiger partial charge in [0.25, 0.3) is 0 Å². The van der Waals surface area contributed by atoms with Gasteiger partial charge < -0.3 is 5.73 Å². The molecule has 19 heavy (non-hydrogen) atoms. The van der Waals surface area contributed by atoms with Gasteiger partial charge in [-0.1, -0.05) is 19.3 Å². The smallest absolute Gasteiger partial charge is 0.150 e. The molecular formula is C14H28N2O2S. The van der Waals surface area contributed by atoms with E-state index < -0.39 is 9.84 Å². The summed E-state index contributed by atoms with van der Waals surface area (Å²) in [7, 11) is -0.674. The molecular weight excluding hydrogens is 260 g/mol. The molecule has 0 bridgehead atoms. The molecule has 1 aliphatic heterocycles. The maximum Gasteiger partial charge on any atom is 0.150 e. The number of likely N-dealkylation sites (N-methyl/N-ethyl adjacent to an activating group) is 1. The number of nitrogens with two attached hydrogens (primary N) is 1. The Morgan fingerprint density at radius 3 is 2.26 bits per heavy atom. The monoisotopic (exact) mass is 288 g/mol. The van der Waals surface area contributed by atoms with Crippen LogP contribution in [0.25, 0.3) is 0 Å². The highest BCUT2D eigenvalue weighted by Gasteiger charge is 2.39. The zero-order valence-corrected chi connectivity index (χ0v) is 12.9. The van der Waals surface area contributed by atoms with Crippen LogP contribution in [-0.2, 0) is 9.84 Å². The van der Waals surface area contributed by atoms with Crippen molar-refractivity contribution < 1.29 is 8.42 Å². The number of hydrogen-bond donors (Lipinski definition) is 1. The Hall–Kier alpha value is -0.130. The van der Waals surface area contributed by atoms with Crippen molar-refractivity contribution in [2.45, 2.75) is 50.5 Å². The minimum Gasteiger partial charge on any atom is -0.329 e. The molecule has 4 nitrogen and oxygen atoms in total. The molecule has 1 aliphatic carbocycles. The molecule has 0 radical (unpaired) electrons. The quantitative estimate of drug-likeness (QED) is 0.849. The van der Waals surface area contributed by atoms with Crippen LogP contribution in [0.1, 0.15) is 44.9 Å². The maximum absolute atomic E-state index is 11.6. The van der Waals surface area contributed by atoms with Gasteiger partial charge in [-0.3, -0.25) is 4.90 Å². The number of sulfone groups is 1. The van der Waals surface area contributed by atoms with Gasteiger partial charge in [0, 0.05) is 18.6 Å². The highest BCUT2D eigenvalue weighted by molar-refractivity contribution is 7.91. The summed E-state index contributed by atoms with van der Waals surface area (Å²) in [5.74, 6) is 1.39. The van der Waals surface area contributed by atoms with E-state index in [0.717, 1.165) is 12.5 Å². The largest absolute Gasteiger partial charge is 0.329 e. The Balaban J connectivity index is 1.96. The van der Waals surface area contributed by atoms with Gasteiger partial charge in [-0.2, -0.15) is 0 Å². The van der Waals surface area contributed by atoms with Crippen molar-refractivity contribution in [1.29, 1.82) is 0 Å². The molecule has 112 valence electrons. The van der Waals surface area contributed by atoms with E-state index in [2.05, 4.69) is 11.9 Å². The topological polar surface area (TPSA) is 63.4 Å². The lowest BCUT2D eigenvalue weighted by Crippen LogP contribution is -2.57. The Morgan fingerprint density at radius 1 is 1.16 bits per heavy atom. The van der Waals surface area contributed by atoms with Crippen molar-refractivity contribution in [1.82, 2.24) is 4.90 Å². The molecule has 0 amide bonds. The second-order valence-electron chi connectivity index (χ2n) is 6.46. The van der Waals surface area contributed by atoms with E-state index in [9.17, 15) is 8.42 Å². The van der Waals surface area contributed by atoms with Gasteiger partial charge in [0.05, 0.1) is 11.5 Å². The molecule has 0 atom stereocenters. The fourth-order valence-corrected chi connectivity index (χ4v) is 5.20. The van der Waals surface area contributed by atoms with Crippen LogP contribution in [0.15, 0.2) is 0 Å². The van der Waals surface area contributed by atoms with Crippen molar-refractivity contribution in [3.05, 3.63) is 0 Å². The molecule has 5 heteroatoms.